The number of anilines is 1. The van der Waals surface area contributed by atoms with E-state index < -0.39 is 0 Å². The largest absolute Gasteiger partial charge is 0.318 e. The highest BCUT2D eigenvalue weighted by molar-refractivity contribution is 6.32. The molecule has 0 unspecified atom stereocenters. The number of hydrogen-bond acceptors (Lipinski definition) is 2. The van der Waals surface area contributed by atoms with E-state index >= 15 is 0 Å². The van der Waals surface area contributed by atoms with Crippen LogP contribution in [-0.4, -0.2) is 26.0 Å². The zero-order valence-electron chi connectivity index (χ0n) is 9.51. The van der Waals surface area contributed by atoms with Gasteiger partial charge in [-0.1, -0.05) is 17.7 Å². The Balaban J connectivity index is 2.38. The van der Waals surface area contributed by atoms with Crippen LogP contribution in [0.25, 0.3) is 0 Å². The zero-order valence-corrected chi connectivity index (χ0v) is 10.3. The summed E-state index contributed by atoms with van der Waals surface area (Å²) in [5.74, 6) is 0.163. The maximum Gasteiger partial charge on any atom is 0.231 e. The van der Waals surface area contributed by atoms with E-state index in [-0.39, 0.29) is 5.91 Å². The molecule has 0 bridgehead atoms. The van der Waals surface area contributed by atoms with E-state index in [1.165, 1.54) is 0 Å². The van der Waals surface area contributed by atoms with E-state index in [0.29, 0.717) is 13.0 Å². The van der Waals surface area contributed by atoms with E-state index in [2.05, 4.69) is 5.32 Å². The lowest BCUT2D eigenvalue weighted by Gasteiger charge is -2.19. The molecule has 3 nitrogen and oxygen atoms in total. The van der Waals surface area contributed by atoms with Gasteiger partial charge >= 0.3 is 0 Å². The Kier molecular flexibility index (Phi) is 3.17. The number of fused-ring (bicyclic) bond motifs is 1. The normalized spacial score (nSPS) is 14.4. The summed E-state index contributed by atoms with van der Waals surface area (Å²) in [7, 11) is 1.88. The minimum Gasteiger partial charge on any atom is -0.318 e. The Morgan fingerprint density at radius 1 is 1.50 bits per heavy atom. The number of nitrogens with one attached hydrogen (secondary N) is 1. The molecule has 1 aromatic rings. The van der Waals surface area contributed by atoms with Crippen LogP contribution in [0.15, 0.2) is 12.1 Å². The third kappa shape index (κ3) is 1.81. The quantitative estimate of drug-likeness (QED) is 0.870. The number of hydrogen-bond donors (Lipinski definition) is 1. The van der Waals surface area contributed by atoms with Crippen molar-refractivity contribution in [2.75, 3.05) is 25.0 Å². The van der Waals surface area contributed by atoms with Gasteiger partial charge in [-0.15, -0.1) is 0 Å². The van der Waals surface area contributed by atoms with E-state index in [4.69, 9.17) is 11.6 Å². The topological polar surface area (TPSA) is 32.3 Å². The number of rotatable bonds is 3. The molecule has 16 heavy (non-hydrogen) atoms. The van der Waals surface area contributed by atoms with Crippen molar-refractivity contribution in [2.24, 2.45) is 0 Å². The lowest BCUT2D eigenvalue weighted by Crippen LogP contribution is -2.33. The number of amides is 1. The van der Waals surface area contributed by atoms with Crippen molar-refractivity contribution in [1.29, 1.82) is 0 Å². The first-order valence-electron chi connectivity index (χ1n) is 5.38. The molecule has 4 heteroatoms. The summed E-state index contributed by atoms with van der Waals surface area (Å²) in [6.07, 6.45) is 0.497. The average Bonchev–Trinajstić information content (AvgIpc) is 2.58. The van der Waals surface area contributed by atoms with Crippen LogP contribution in [0, 0.1) is 6.92 Å². The fourth-order valence-corrected chi connectivity index (χ4v) is 2.25. The number of likely N-dealkylation sites (N-methyl/N-ethyl adjacent to an activating group) is 1. The van der Waals surface area contributed by atoms with Crippen molar-refractivity contribution >= 4 is 23.2 Å². The van der Waals surface area contributed by atoms with Crippen molar-refractivity contribution in [1.82, 2.24) is 5.32 Å². The maximum atomic E-state index is 11.9. The molecule has 2 rings (SSSR count). The number of nitrogens with zero attached hydrogens (tertiary/aromatic N) is 1. The molecule has 0 spiro atoms. The van der Waals surface area contributed by atoms with Crippen LogP contribution < -0.4 is 10.2 Å². The second-order valence-corrected chi connectivity index (χ2v) is 4.41. The van der Waals surface area contributed by atoms with Gasteiger partial charge in [-0.25, -0.2) is 0 Å². The molecule has 1 aliphatic heterocycles. The number of carbonyl (C=O) groups is 1. The summed E-state index contributed by atoms with van der Waals surface area (Å²) in [5, 5.41) is 3.78. The third-order valence-electron chi connectivity index (χ3n) is 2.95. The minimum absolute atomic E-state index is 0.163. The highest BCUT2D eigenvalue weighted by Crippen LogP contribution is 2.35. The Morgan fingerprint density at radius 3 is 2.94 bits per heavy atom. The monoisotopic (exact) mass is 238 g/mol. The second kappa shape index (κ2) is 4.44. The molecule has 1 N–H and O–H groups in total. The van der Waals surface area contributed by atoms with Gasteiger partial charge in [0.1, 0.15) is 0 Å². The molecular weight excluding hydrogens is 224 g/mol. The lowest BCUT2D eigenvalue weighted by molar-refractivity contribution is -0.117. The minimum atomic E-state index is 0.163. The summed E-state index contributed by atoms with van der Waals surface area (Å²) in [5.41, 5.74) is 3.09. The first kappa shape index (κ1) is 11.4. The maximum absolute atomic E-state index is 11.9. The molecule has 0 aromatic heterocycles. The average molecular weight is 239 g/mol. The second-order valence-electron chi connectivity index (χ2n) is 4.01. The van der Waals surface area contributed by atoms with Gasteiger partial charge in [0.05, 0.1) is 12.1 Å². The highest BCUT2D eigenvalue weighted by Gasteiger charge is 2.28. The Labute approximate surface area is 100 Å². The lowest BCUT2D eigenvalue weighted by atomic mass is 10.1. The molecule has 0 saturated heterocycles. The Bertz CT molecular complexity index is 431. The first-order valence-corrected chi connectivity index (χ1v) is 5.76. The molecule has 86 valence electrons. The molecular formula is C12H15ClN2O. The van der Waals surface area contributed by atoms with Crippen LogP contribution in [0.3, 0.4) is 0 Å². The van der Waals surface area contributed by atoms with Gasteiger partial charge in [-0.2, -0.15) is 0 Å². The molecule has 0 saturated carbocycles. The molecule has 0 fully saturated rings. The molecule has 0 radical (unpaired) electrons. The predicted octanol–water partition coefficient (Wildman–Crippen LogP) is 1.76. The summed E-state index contributed by atoms with van der Waals surface area (Å²) >= 11 is 6.09. The predicted molar refractivity (Wildman–Crippen MR) is 66.2 cm³/mol. The van der Waals surface area contributed by atoms with Gasteiger partial charge in [-0.05, 0) is 31.2 Å². The van der Waals surface area contributed by atoms with Crippen molar-refractivity contribution in [2.45, 2.75) is 13.3 Å². The van der Waals surface area contributed by atoms with E-state index in [1.807, 2.05) is 31.0 Å². The molecule has 1 heterocycles. The Hall–Kier alpha value is -1.06. The van der Waals surface area contributed by atoms with Gasteiger partial charge in [0.15, 0.2) is 0 Å². The van der Waals surface area contributed by atoms with E-state index in [0.717, 1.165) is 28.4 Å². The third-order valence-corrected chi connectivity index (χ3v) is 3.36. The fourth-order valence-electron chi connectivity index (χ4n) is 2.09. The number of halogens is 1. The zero-order chi connectivity index (χ0) is 11.7. The molecule has 1 amide bonds. The van der Waals surface area contributed by atoms with Crippen LogP contribution in [0.5, 0.6) is 0 Å². The summed E-state index contributed by atoms with van der Waals surface area (Å²) in [6, 6.07) is 3.81. The van der Waals surface area contributed by atoms with Crippen molar-refractivity contribution in [3.8, 4) is 0 Å². The number of carbonyl (C=O) groups excluding carboxylic acids is 1. The first-order chi connectivity index (χ1) is 7.65. The molecule has 1 aromatic carbocycles. The van der Waals surface area contributed by atoms with Gasteiger partial charge in [-0.3, -0.25) is 4.79 Å². The fraction of sp³-hybridized carbons (Fsp3) is 0.417. The van der Waals surface area contributed by atoms with Gasteiger partial charge in [0, 0.05) is 18.1 Å². The smallest absolute Gasteiger partial charge is 0.231 e. The SMILES string of the molecule is CNCCN1C(=O)Cc2ccc(Cl)c(C)c21. The van der Waals surface area contributed by atoms with Crippen LogP contribution in [0.1, 0.15) is 11.1 Å². The van der Waals surface area contributed by atoms with Gasteiger partial charge < -0.3 is 10.2 Å². The summed E-state index contributed by atoms with van der Waals surface area (Å²) in [6.45, 7) is 3.45. The summed E-state index contributed by atoms with van der Waals surface area (Å²) < 4.78 is 0. The van der Waals surface area contributed by atoms with Gasteiger partial charge in [0.2, 0.25) is 5.91 Å². The molecule has 1 aliphatic rings. The number of benzene rings is 1. The Morgan fingerprint density at radius 2 is 2.25 bits per heavy atom. The van der Waals surface area contributed by atoms with Crippen molar-refractivity contribution in [3.05, 3.63) is 28.3 Å². The molecule has 0 atom stereocenters. The van der Waals surface area contributed by atoms with Gasteiger partial charge in [0.25, 0.3) is 0 Å². The van der Waals surface area contributed by atoms with Crippen LogP contribution in [0.2, 0.25) is 5.02 Å². The van der Waals surface area contributed by atoms with E-state index in [1.54, 1.807) is 0 Å². The van der Waals surface area contributed by atoms with E-state index in [9.17, 15) is 4.79 Å². The van der Waals surface area contributed by atoms with Crippen LogP contribution >= 0.6 is 11.6 Å². The standard InChI is InChI=1S/C12H15ClN2O/c1-8-10(13)4-3-9-7-11(16)15(12(8)9)6-5-14-2/h3-4,14H,5-7H2,1-2H3. The van der Waals surface area contributed by atoms with Crippen LogP contribution in [-0.2, 0) is 11.2 Å². The summed E-state index contributed by atoms with van der Waals surface area (Å²) in [4.78, 5) is 13.7. The van der Waals surface area contributed by atoms with Crippen molar-refractivity contribution < 1.29 is 4.79 Å². The highest BCUT2D eigenvalue weighted by atomic mass is 35.5. The van der Waals surface area contributed by atoms with Crippen molar-refractivity contribution in [3.63, 3.8) is 0 Å². The molecule has 0 aliphatic carbocycles. The van der Waals surface area contributed by atoms with Crippen LogP contribution in [0.4, 0.5) is 5.69 Å².